The number of carbonyl (C=O) groups excluding carboxylic acids is 2. The Morgan fingerprint density at radius 1 is 1.09 bits per heavy atom. The predicted molar refractivity (Wildman–Crippen MR) is 91.5 cm³/mol. The number of nitrogens with one attached hydrogen (secondary N) is 1. The molecule has 23 heavy (non-hydrogen) atoms. The van der Waals surface area contributed by atoms with E-state index < -0.39 is 31.5 Å². The molecule has 0 saturated heterocycles. The maximum atomic E-state index is 12.4. The van der Waals surface area contributed by atoms with E-state index >= 15 is 0 Å². The van der Waals surface area contributed by atoms with Gasteiger partial charge in [0.05, 0.1) is 6.61 Å². The first kappa shape index (κ1) is 21.5. The SMILES string of the molecule is CCOC(=O)C(C#C[Si](C)(C)C)(NC(=O)OC(C)(C)C)OCC. The predicted octanol–water partition coefficient (Wildman–Crippen LogP) is 2.69. The number of alkyl carbamates (subject to hydrolysis) is 1. The Morgan fingerprint density at radius 3 is 2.04 bits per heavy atom. The number of rotatable bonds is 5. The van der Waals surface area contributed by atoms with Gasteiger partial charge in [0.1, 0.15) is 13.7 Å². The van der Waals surface area contributed by atoms with Gasteiger partial charge in [-0.15, -0.1) is 5.54 Å². The van der Waals surface area contributed by atoms with Crippen molar-refractivity contribution in [3.63, 3.8) is 0 Å². The molecule has 0 bridgehead atoms. The quantitative estimate of drug-likeness (QED) is 0.359. The minimum Gasteiger partial charge on any atom is -0.462 e. The minimum absolute atomic E-state index is 0.151. The molecular formula is C16H29NO5Si. The van der Waals surface area contributed by atoms with E-state index in [1.54, 1.807) is 34.6 Å². The van der Waals surface area contributed by atoms with E-state index in [4.69, 9.17) is 14.2 Å². The van der Waals surface area contributed by atoms with Crippen molar-refractivity contribution in [1.82, 2.24) is 5.32 Å². The maximum Gasteiger partial charge on any atom is 0.411 e. The molecule has 0 aliphatic carbocycles. The fraction of sp³-hybridized carbons (Fsp3) is 0.750. The largest absolute Gasteiger partial charge is 0.462 e. The van der Waals surface area contributed by atoms with Gasteiger partial charge in [0.2, 0.25) is 0 Å². The zero-order chi connectivity index (χ0) is 18.3. The van der Waals surface area contributed by atoms with Crippen LogP contribution in [-0.4, -0.2) is 44.7 Å². The third-order valence-corrected chi connectivity index (χ3v) is 3.09. The monoisotopic (exact) mass is 343 g/mol. The summed E-state index contributed by atoms with van der Waals surface area (Å²) in [5.41, 5.74) is 0.489. The van der Waals surface area contributed by atoms with Crippen LogP contribution >= 0.6 is 0 Å². The van der Waals surface area contributed by atoms with Crippen LogP contribution in [0.1, 0.15) is 34.6 Å². The lowest BCUT2D eigenvalue weighted by Crippen LogP contribution is -2.57. The highest BCUT2D eigenvalue weighted by Gasteiger charge is 2.43. The number of carbonyl (C=O) groups is 2. The fourth-order valence-electron chi connectivity index (χ4n) is 1.44. The van der Waals surface area contributed by atoms with Crippen LogP contribution in [0.5, 0.6) is 0 Å². The van der Waals surface area contributed by atoms with Crippen molar-refractivity contribution in [1.29, 1.82) is 0 Å². The standard InChI is InChI=1S/C16H29NO5Si/c1-9-20-13(18)16(21-10-2,11-12-23(6,7)8)17-14(19)22-15(3,4)5/h9-10H2,1-8H3,(H,17,19). The minimum atomic E-state index is -1.85. The Bertz CT molecular complexity index is 481. The molecule has 0 fully saturated rings. The normalized spacial score (nSPS) is 14.1. The number of amides is 1. The molecule has 7 heteroatoms. The molecule has 1 atom stereocenters. The molecule has 0 saturated carbocycles. The van der Waals surface area contributed by atoms with Crippen LogP contribution in [0.4, 0.5) is 4.79 Å². The van der Waals surface area contributed by atoms with E-state index in [9.17, 15) is 9.59 Å². The van der Waals surface area contributed by atoms with E-state index in [1.807, 2.05) is 19.6 Å². The highest BCUT2D eigenvalue weighted by atomic mass is 28.3. The molecule has 0 aliphatic rings. The van der Waals surface area contributed by atoms with E-state index in [-0.39, 0.29) is 13.2 Å². The molecule has 0 aromatic carbocycles. The molecule has 0 spiro atoms. The summed E-state index contributed by atoms with van der Waals surface area (Å²) < 4.78 is 15.7. The Kier molecular flexibility index (Phi) is 7.81. The van der Waals surface area contributed by atoms with Crippen LogP contribution in [0.25, 0.3) is 0 Å². The third kappa shape index (κ3) is 8.62. The van der Waals surface area contributed by atoms with Crippen LogP contribution in [0.2, 0.25) is 19.6 Å². The van der Waals surface area contributed by atoms with E-state index in [0.29, 0.717) is 0 Å². The van der Waals surface area contributed by atoms with Crippen LogP contribution in [0.15, 0.2) is 0 Å². The summed E-state index contributed by atoms with van der Waals surface area (Å²) in [5.74, 6) is 2.03. The first-order valence-electron chi connectivity index (χ1n) is 7.72. The van der Waals surface area contributed by atoms with Crippen molar-refractivity contribution in [3.8, 4) is 11.5 Å². The lowest BCUT2D eigenvalue weighted by atomic mass is 10.2. The van der Waals surface area contributed by atoms with E-state index in [2.05, 4.69) is 16.8 Å². The van der Waals surface area contributed by atoms with Crippen LogP contribution in [0.3, 0.4) is 0 Å². The molecular weight excluding hydrogens is 314 g/mol. The first-order valence-corrected chi connectivity index (χ1v) is 11.2. The van der Waals surface area contributed by atoms with Crippen molar-refractivity contribution in [2.24, 2.45) is 0 Å². The number of hydrogen-bond donors (Lipinski definition) is 1. The zero-order valence-corrected chi connectivity index (χ0v) is 16.5. The Hall–Kier alpha value is -1.52. The van der Waals surface area contributed by atoms with Gasteiger partial charge in [-0.25, -0.2) is 9.59 Å². The van der Waals surface area contributed by atoms with Gasteiger partial charge in [-0.3, -0.25) is 5.32 Å². The molecule has 0 heterocycles. The summed E-state index contributed by atoms with van der Waals surface area (Å²) in [5, 5.41) is 2.44. The van der Waals surface area contributed by atoms with Gasteiger partial charge >= 0.3 is 17.8 Å². The average Bonchev–Trinajstić information content (AvgIpc) is 2.33. The maximum absolute atomic E-state index is 12.4. The molecule has 1 N–H and O–H groups in total. The van der Waals surface area contributed by atoms with Crippen molar-refractivity contribution < 1.29 is 23.8 Å². The second-order valence-corrected chi connectivity index (χ2v) is 11.7. The molecule has 0 rings (SSSR count). The fourth-order valence-corrected chi connectivity index (χ4v) is 1.99. The summed E-state index contributed by atoms with van der Waals surface area (Å²) >= 11 is 0. The molecule has 0 aromatic heterocycles. The zero-order valence-electron chi connectivity index (χ0n) is 15.5. The van der Waals surface area contributed by atoms with Crippen molar-refractivity contribution >= 4 is 20.1 Å². The Morgan fingerprint density at radius 2 is 1.65 bits per heavy atom. The summed E-state index contributed by atoms with van der Waals surface area (Å²) in [6.07, 6.45) is -0.788. The summed E-state index contributed by atoms with van der Waals surface area (Å²) in [6.45, 7) is 15.0. The van der Waals surface area contributed by atoms with Gasteiger partial charge in [-0.05, 0) is 40.5 Å². The molecule has 0 aromatic rings. The molecule has 1 amide bonds. The lowest BCUT2D eigenvalue weighted by Gasteiger charge is -2.29. The lowest BCUT2D eigenvalue weighted by molar-refractivity contribution is -0.167. The van der Waals surface area contributed by atoms with Crippen LogP contribution in [-0.2, 0) is 19.0 Å². The Balaban J connectivity index is 5.67. The van der Waals surface area contributed by atoms with Crippen molar-refractivity contribution in [3.05, 3.63) is 0 Å². The summed E-state index contributed by atoms with van der Waals surface area (Å²) in [6, 6.07) is 0. The van der Waals surface area contributed by atoms with E-state index in [1.165, 1.54) is 0 Å². The first-order chi connectivity index (χ1) is 10.4. The van der Waals surface area contributed by atoms with Gasteiger partial charge < -0.3 is 14.2 Å². The van der Waals surface area contributed by atoms with E-state index in [0.717, 1.165) is 0 Å². The second kappa shape index (κ2) is 8.36. The number of esters is 1. The van der Waals surface area contributed by atoms with Gasteiger partial charge in [0, 0.05) is 6.61 Å². The molecule has 132 valence electrons. The molecule has 0 radical (unpaired) electrons. The van der Waals surface area contributed by atoms with Gasteiger partial charge in [0.25, 0.3) is 0 Å². The number of ether oxygens (including phenoxy) is 3. The summed E-state index contributed by atoms with van der Waals surface area (Å²) in [4.78, 5) is 24.5. The third-order valence-electron chi connectivity index (χ3n) is 2.21. The van der Waals surface area contributed by atoms with Gasteiger partial charge in [-0.1, -0.05) is 19.6 Å². The topological polar surface area (TPSA) is 73.9 Å². The smallest absolute Gasteiger partial charge is 0.411 e. The second-order valence-electron chi connectivity index (χ2n) is 6.96. The van der Waals surface area contributed by atoms with Crippen molar-refractivity contribution in [2.75, 3.05) is 13.2 Å². The molecule has 0 aliphatic heterocycles. The van der Waals surface area contributed by atoms with Crippen molar-refractivity contribution in [2.45, 2.75) is 65.6 Å². The molecule has 1 unspecified atom stereocenters. The summed E-state index contributed by atoms with van der Waals surface area (Å²) in [7, 11) is -1.80. The van der Waals surface area contributed by atoms with Crippen LogP contribution < -0.4 is 5.32 Å². The number of hydrogen-bond acceptors (Lipinski definition) is 5. The van der Waals surface area contributed by atoms with Gasteiger partial charge in [-0.2, -0.15) is 0 Å². The molecule has 6 nitrogen and oxygen atoms in total. The highest BCUT2D eigenvalue weighted by molar-refractivity contribution is 6.83. The average molecular weight is 343 g/mol. The highest BCUT2D eigenvalue weighted by Crippen LogP contribution is 2.14. The van der Waals surface area contributed by atoms with Crippen LogP contribution in [0, 0.1) is 11.5 Å². The van der Waals surface area contributed by atoms with Gasteiger partial charge in [0.15, 0.2) is 0 Å². The Labute approximate surface area is 140 Å².